The molecule has 2 aliphatic rings. The summed E-state index contributed by atoms with van der Waals surface area (Å²) in [7, 11) is 0. The Morgan fingerprint density at radius 2 is 2.62 bits per heavy atom. The third-order valence-electron chi connectivity index (χ3n) is 1.55. The molecular weight excluding hydrogens is 104 g/mol. The minimum atomic E-state index is -0.264. The van der Waals surface area contributed by atoms with Gasteiger partial charge >= 0.3 is 0 Å². The molecule has 1 N–H and O–H groups in total. The van der Waals surface area contributed by atoms with Crippen molar-refractivity contribution in [3.8, 4) is 0 Å². The van der Waals surface area contributed by atoms with E-state index >= 15 is 0 Å². The number of nitrogens with zero attached hydrogens (tertiary/aromatic N) is 1. The summed E-state index contributed by atoms with van der Waals surface area (Å²) in [5.74, 6) is -0.264. The Morgan fingerprint density at radius 1 is 1.75 bits per heavy atom. The molecule has 1 atom stereocenters. The highest BCUT2D eigenvalue weighted by Crippen LogP contribution is 2.25. The predicted molar refractivity (Wildman–Crippen MR) is 29.8 cm³/mol. The lowest BCUT2D eigenvalue weighted by atomic mass is 10.2. The summed E-state index contributed by atoms with van der Waals surface area (Å²) in [4.78, 5) is 4.11. The fourth-order valence-corrected chi connectivity index (χ4v) is 0.981. The standard InChI is InChI=1S/C5H8N2O/c1-4-8-5(1)6-2-3-7-5/h2,7H,1,3-4H2. The monoisotopic (exact) mass is 112 g/mol. The molecule has 1 spiro atoms. The van der Waals surface area contributed by atoms with Crippen LogP contribution in [0.1, 0.15) is 6.42 Å². The highest BCUT2D eigenvalue weighted by molar-refractivity contribution is 5.62. The van der Waals surface area contributed by atoms with Gasteiger partial charge in [-0.3, -0.25) is 5.32 Å². The van der Waals surface area contributed by atoms with Crippen LogP contribution in [0.4, 0.5) is 0 Å². The van der Waals surface area contributed by atoms with Crippen molar-refractivity contribution in [2.45, 2.75) is 12.3 Å². The van der Waals surface area contributed by atoms with E-state index < -0.39 is 0 Å². The number of rotatable bonds is 0. The van der Waals surface area contributed by atoms with Crippen LogP contribution in [0.15, 0.2) is 4.99 Å². The summed E-state index contributed by atoms with van der Waals surface area (Å²) in [5.41, 5.74) is 0. The van der Waals surface area contributed by atoms with Crippen LogP contribution in [0, 0.1) is 0 Å². The van der Waals surface area contributed by atoms with Crippen molar-refractivity contribution >= 4 is 6.21 Å². The Morgan fingerprint density at radius 3 is 2.88 bits per heavy atom. The predicted octanol–water partition coefficient (Wildman–Crippen LogP) is -0.266. The zero-order valence-electron chi connectivity index (χ0n) is 4.55. The Kier molecular flexibility index (Phi) is 0.725. The second-order valence-electron chi connectivity index (χ2n) is 2.08. The van der Waals surface area contributed by atoms with Crippen LogP contribution in [-0.2, 0) is 4.74 Å². The number of nitrogens with one attached hydrogen (secondary N) is 1. The van der Waals surface area contributed by atoms with Crippen molar-refractivity contribution in [2.75, 3.05) is 13.2 Å². The van der Waals surface area contributed by atoms with Crippen LogP contribution in [0.2, 0.25) is 0 Å². The molecule has 0 radical (unpaired) electrons. The molecule has 3 nitrogen and oxygen atoms in total. The normalized spacial score (nSPS) is 43.0. The van der Waals surface area contributed by atoms with E-state index in [-0.39, 0.29) is 5.85 Å². The molecule has 2 rings (SSSR count). The largest absolute Gasteiger partial charge is 0.341 e. The third-order valence-corrected chi connectivity index (χ3v) is 1.55. The first-order valence-corrected chi connectivity index (χ1v) is 2.84. The van der Waals surface area contributed by atoms with Gasteiger partial charge < -0.3 is 4.74 Å². The van der Waals surface area contributed by atoms with Gasteiger partial charge in [0, 0.05) is 19.2 Å². The van der Waals surface area contributed by atoms with Gasteiger partial charge in [0.1, 0.15) is 0 Å². The van der Waals surface area contributed by atoms with E-state index in [2.05, 4.69) is 10.3 Å². The summed E-state index contributed by atoms with van der Waals surface area (Å²) in [5, 5.41) is 3.12. The molecular formula is C5H8N2O. The molecule has 0 aliphatic carbocycles. The molecule has 0 bridgehead atoms. The lowest BCUT2D eigenvalue weighted by molar-refractivity contribution is -0.154. The fraction of sp³-hybridized carbons (Fsp3) is 0.800. The smallest absolute Gasteiger partial charge is 0.217 e. The van der Waals surface area contributed by atoms with Crippen LogP contribution in [0.3, 0.4) is 0 Å². The van der Waals surface area contributed by atoms with Crippen molar-refractivity contribution in [3.05, 3.63) is 0 Å². The van der Waals surface area contributed by atoms with Gasteiger partial charge in [0.15, 0.2) is 0 Å². The highest BCUT2D eigenvalue weighted by atomic mass is 16.6. The Hall–Kier alpha value is -0.410. The zero-order valence-corrected chi connectivity index (χ0v) is 4.55. The molecule has 3 heteroatoms. The van der Waals surface area contributed by atoms with Gasteiger partial charge in [0.2, 0.25) is 5.85 Å². The minimum Gasteiger partial charge on any atom is -0.341 e. The molecule has 1 saturated heterocycles. The van der Waals surface area contributed by atoms with Crippen LogP contribution >= 0.6 is 0 Å². The third kappa shape index (κ3) is 0.428. The number of hydrogen-bond donors (Lipinski definition) is 1. The Labute approximate surface area is 47.7 Å². The van der Waals surface area contributed by atoms with Gasteiger partial charge in [-0.2, -0.15) is 0 Å². The molecule has 1 fully saturated rings. The van der Waals surface area contributed by atoms with Gasteiger partial charge in [0.25, 0.3) is 0 Å². The zero-order chi connectivity index (χ0) is 5.45. The van der Waals surface area contributed by atoms with E-state index in [0.717, 1.165) is 19.6 Å². The van der Waals surface area contributed by atoms with Crippen molar-refractivity contribution in [1.82, 2.24) is 5.32 Å². The quantitative estimate of drug-likeness (QED) is 0.468. The van der Waals surface area contributed by atoms with E-state index in [1.165, 1.54) is 0 Å². The molecule has 1 unspecified atom stereocenters. The molecule has 0 amide bonds. The van der Waals surface area contributed by atoms with E-state index in [1.54, 1.807) is 0 Å². The maximum atomic E-state index is 5.17. The van der Waals surface area contributed by atoms with Crippen molar-refractivity contribution in [3.63, 3.8) is 0 Å². The van der Waals surface area contributed by atoms with Gasteiger partial charge in [-0.25, -0.2) is 4.99 Å². The average molecular weight is 112 g/mol. The lowest BCUT2D eigenvalue weighted by Gasteiger charge is -2.35. The maximum Gasteiger partial charge on any atom is 0.217 e. The van der Waals surface area contributed by atoms with Gasteiger partial charge in [-0.1, -0.05) is 0 Å². The first-order chi connectivity index (χ1) is 3.91. The Balaban J connectivity index is 2.13. The summed E-state index contributed by atoms with van der Waals surface area (Å²) >= 11 is 0. The van der Waals surface area contributed by atoms with Crippen LogP contribution in [0.25, 0.3) is 0 Å². The number of hydrogen-bond acceptors (Lipinski definition) is 3. The van der Waals surface area contributed by atoms with E-state index in [4.69, 9.17) is 4.74 Å². The maximum absolute atomic E-state index is 5.17. The van der Waals surface area contributed by atoms with Gasteiger partial charge in [-0.05, 0) is 0 Å². The van der Waals surface area contributed by atoms with E-state index in [9.17, 15) is 0 Å². The SMILES string of the molecule is C1=NC2(CCO2)NC1. The first-order valence-electron chi connectivity index (χ1n) is 2.84. The Bertz CT molecular complexity index is 128. The van der Waals surface area contributed by atoms with Gasteiger partial charge in [-0.15, -0.1) is 0 Å². The molecule has 0 saturated carbocycles. The second kappa shape index (κ2) is 1.30. The van der Waals surface area contributed by atoms with Crippen LogP contribution in [-0.4, -0.2) is 25.2 Å². The van der Waals surface area contributed by atoms with Gasteiger partial charge in [0.05, 0.1) is 6.61 Å². The second-order valence-corrected chi connectivity index (χ2v) is 2.08. The molecule has 0 aromatic carbocycles. The molecule has 2 aliphatic heterocycles. The summed E-state index contributed by atoms with van der Waals surface area (Å²) < 4.78 is 5.17. The van der Waals surface area contributed by atoms with Crippen LogP contribution in [0.5, 0.6) is 0 Å². The average Bonchev–Trinajstić information content (AvgIpc) is 2.07. The minimum absolute atomic E-state index is 0.264. The molecule has 2 heterocycles. The van der Waals surface area contributed by atoms with Crippen LogP contribution < -0.4 is 5.32 Å². The van der Waals surface area contributed by atoms with Crippen molar-refractivity contribution in [1.29, 1.82) is 0 Å². The van der Waals surface area contributed by atoms with Crippen molar-refractivity contribution < 1.29 is 4.74 Å². The molecule has 8 heavy (non-hydrogen) atoms. The molecule has 0 aromatic heterocycles. The number of aliphatic imine (C=N–C) groups is 1. The van der Waals surface area contributed by atoms with E-state index in [1.807, 2.05) is 6.21 Å². The molecule has 44 valence electrons. The topological polar surface area (TPSA) is 33.6 Å². The fourth-order valence-electron chi connectivity index (χ4n) is 0.981. The summed E-state index contributed by atoms with van der Waals surface area (Å²) in [6.07, 6.45) is 2.89. The molecule has 0 aromatic rings. The summed E-state index contributed by atoms with van der Waals surface area (Å²) in [6, 6.07) is 0. The lowest BCUT2D eigenvalue weighted by Crippen LogP contribution is -2.51. The first kappa shape index (κ1) is 4.47. The summed E-state index contributed by atoms with van der Waals surface area (Å²) in [6.45, 7) is 1.71. The highest BCUT2D eigenvalue weighted by Gasteiger charge is 2.38. The number of ether oxygens (including phenoxy) is 1. The van der Waals surface area contributed by atoms with E-state index in [0.29, 0.717) is 0 Å². The van der Waals surface area contributed by atoms with Crippen molar-refractivity contribution in [2.24, 2.45) is 4.99 Å².